The van der Waals surface area contributed by atoms with E-state index in [1.165, 1.54) is 6.42 Å². The van der Waals surface area contributed by atoms with Crippen LogP contribution in [0.15, 0.2) is 29.2 Å². The second-order valence-corrected chi connectivity index (χ2v) is 7.01. The number of para-hydroxylation sites is 1. The summed E-state index contributed by atoms with van der Waals surface area (Å²) in [4.78, 5) is 0.322. The third kappa shape index (κ3) is 2.92. The van der Waals surface area contributed by atoms with Gasteiger partial charge in [0.25, 0.3) is 0 Å². The second kappa shape index (κ2) is 5.51. The van der Waals surface area contributed by atoms with Crippen molar-refractivity contribution in [1.82, 2.24) is 4.72 Å². The fourth-order valence-corrected chi connectivity index (χ4v) is 3.93. The summed E-state index contributed by atoms with van der Waals surface area (Å²) < 4.78 is 27.5. The van der Waals surface area contributed by atoms with E-state index in [9.17, 15) is 8.42 Å². The number of nitrogens with one attached hydrogen (secondary N) is 2. The molecular weight excluding hydrogens is 260 g/mol. The average molecular weight is 282 g/mol. The Morgan fingerprint density at radius 3 is 2.47 bits per heavy atom. The van der Waals surface area contributed by atoms with E-state index < -0.39 is 10.0 Å². The Morgan fingerprint density at radius 2 is 1.95 bits per heavy atom. The Balaban J connectivity index is 2.14. The molecule has 1 aromatic carbocycles. The number of sulfonamides is 1. The SMILES string of the molecule is CCC1(CNS(=O)(=O)c2ccccc2NC)CCC1. The first-order valence-corrected chi connectivity index (χ1v) is 8.28. The van der Waals surface area contributed by atoms with Crippen LogP contribution in [0.4, 0.5) is 5.69 Å². The molecule has 0 radical (unpaired) electrons. The highest BCUT2D eigenvalue weighted by Gasteiger charge is 2.36. The third-order valence-corrected chi connectivity index (χ3v) is 5.71. The van der Waals surface area contributed by atoms with E-state index in [1.54, 1.807) is 25.2 Å². The predicted molar refractivity (Wildman–Crippen MR) is 77.8 cm³/mol. The van der Waals surface area contributed by atoms with Crippen molar-refractivity contribution < 1.29 is 8.42 Å². The molecule has 1 aliphatic carbocycles. The first kappa shape index (κ1) is 14.3. The van der Waals surface area contributed by atoms with Crippen LogP contribution >= 0.6 is 0 Å². The van der Waals surface area contributed by atoms with Crippen molar-refractivity contribution in [2.45, 2.75) is 37.5 Å². The first-order chi connectivity index (χ1) is 9.03. The van der Waals surface area contributed by atoms with Gasteiger partial charge in [-0.1, -0.05) is 25.5 Å². The lowest BCUT2D eigenvalue weighted by atomic mass is 9.67. The van der Waals surface area contributed by atoms with E-state index >= 15 is 0 Å². The zero-order valence-corrected chi connectivity index (χ0v) is 12.4. The van der Waals surface area contributed by atoms with E-state index in [0.717, 1.165) is 19.3 Å². The molecule has 19 heavy (non-hydrogen) atoms. The number of anilines is 1. The quantitative estimate of drug-likeness (QED) is 0.843. The molecule has 0 unspecified atom stereocenters. The van der Waals surface area contributed by atoms with Gasteiger partial charge in [-0.2, -0.15) is 0 Å². The van der Waals surface area contributed by atoms with Crippen LogP contribution in [0, 0.1) is 5.41 Å². The molecule has 0 aromatic heterocycles. The van der Waals surface area contributed by atoms with Gasteiger partial charge in [-0.25, -0.2) is 13.1 Å². The molecule has 0 bridgehead atoms. The summed E-state index contributed by atoms with van der Waals surface area (Å²) in [7, 11) is -1.71. The molecule has 1 saturated carbocycles. The maximum atomic E-state index is 12.4. The third-order valence-electron chi connectivity index (χ3n) is 4.25. The molecule has 1 aromatic rings. The van der Waals surface area contributed by atoms with Gasteiger partial charge >= 0.3 is 0 Å². The van der Waals surface area contributed by atoms with Gasteiger partial charge in [0.15, 0.2) is 0 Å². The summed E-state index contributed by atoms with van der Waals surface area (Å²) in [6.45, 7) is 2.68. The molecule has 5 heteroatoms. The van der Waals surface area contributed by atoms with Gasteiger partial charge in [0, 0.05) is 13.6 Å². The van der Waals surface area contributed by atoms with Gasteiger partial charge in [-0.05, 0) is 36.8 Å². The van der Waals surface area contributed by atoms with Gasteiger partial charge in [-0.15, -0.1) is 0 Å². The molecular formula is C14H22N2O2S. The summed E-state index contributed by atoms with van der Waals surface area (Å²) in [5.41, 5.74) is 0.816. The van der Waals surface area contributed by atoms with Crippen molar-refractivity contribution in [3.05, 3.63) is 24.3 Å². The molecule has 1 fully saturated rings. The van der Waals surface area contributed by atoms with Gasteiger partial charge in [-0.3, -0.25) is 0 Å². The normalized spacial score (nSPS) is 17.8. The van der Waals surface area contributed by atoms with Gasteiger partial charge in [0.05, 0.1) is 5.69 Å². The lowest BCUT2D eigenvalue weighted by Crippen LogP contribution is -2.41. The Kier molecular flexibility index (Phi) is 4.16. The average Bonchev–Trinajstić information content (AvgIpc) is 2.38. The summed E-state index contributed by atoms with van der Waals surface area (Å²) in [6.07, 6.45) is 4.49. The Labute approximate surface area is 115 Å². The van der Waals surface area contributed by atoms with Gasteiger partial charge < -0.3 is 5.32 Å². The minimum absolute atomic E-state index is 0.182. The van der Waals surface area contributed by atoms with Gasteiger partial charge in [0.2, 0.25) is 10.0 Å². The fraction of sp³-hybridized carbons (Fsp3) is 0.571. The predicted octanol–water partition coefficient (Wildman–Crippen LogP) is 2.59. The second-order valence-electron chi connectivity index (χ2n) is 5.28. The molecule has 0 heterocycles. The molecule has 0 amide bonds. The van der Waals surface area contributed by atoms with Crippen LogP contribution in [-0.2, 0) is 10.0 Å². The molecule has 2 N–H and O–H groups in total. The van der Waals surface area contributed by atoms with Crippen LogP contribution in [0.25, 0.3) is 0 Å². The fourth-order valence-electron chi connectivity index (χ4n) is 2.57. The molecule has 0 spiro atoms. The summed E-state index contributed by atoms with van der Waals surface area (Å²) in [5.74, 6) is 0. The van der Waals surface area contributed by atoms with Crippen LogP contribution in [0.5, 0.6) is 0 Å². The van der Waals surface area contributed by atoms with Crippen LogP contribution < -0.4 is 10.0 Å². The van der Waals surface area contributed by atoms with Crippen molar-refractivity contribution in [2.75, 3.05) is 18.9 Å². The van der Waals surface area contributed by atoms with Crippen LogP contribution in [0.2, 0.25) is 0 Å². The highest BCUT2D eigenvalue weighted by Crippen LogP contribution is 2.43. The van der Waals surface area contributed by atoms with E-state index in [4.69, 9.17) is 0 Å². The monoisotopic (exact) mass is 282 g/mol. The van der Waals surface area contributed by atoms with Crippen molar-refractivity contribution in [2.24, 2.45) is 5.41 Å². The summed E-state index contributed by atoms with van der Waals surface area (Å²) >= 11 is 0. The largest absolute Gasteiger partial charge is 0.387 e. The van der Waals surface area contributed by atoms with E-state index in [1.807, 2.05) is 6.07 Å². The molecule has 106 valence electrons. The smallest absolute Gasteiger partial charge is 0.242 e. The van der Waals surface area contributed by atoms with E-state index in [2.05, 4.69) is 17.0 Å². The Morgan fingerprint density at radius 1 is 1.26 bits per heavy atom. The molecule has 0 saturated heterocycles. The summed E-state index contributed by atoms with van der Waals surface area (Å²) in [6, 6.07) is 6.97. The maximum Gasteiger partial charge on any atom is 0.242 e. The Hall–Kier alpha value is -1.07. The number of benzene rings is 1. The number of rotatable bonds is 6. The van der Waals surface area contributed by atoms with Gasteiger partial charge in [0.1, 0.15) is 4.90 Å². The van der Waals surface area contributed by atoms with E-state index in [0.29, 0.717) is 17.1 Å². The van der Waals surface area contributed by atoms with E-state index in [-0.39, 0.29) is 5.41 Å². The maximum absolute atomic E-state index is 12.4. The molecule has 1 aliphatic rings. The molecule has 0 atom stereocenters. The van der Waals surface area contributed by atoms with Crippen molar-refractivity contribution in [3.63, 3.8) is 0 Å². The lowest BCUT2D eigenvalue weighted by molar-refractivity contribution is 0.133. The van der Waals surface area contributed by atoms with Crippen molar-refractivity contribution in [3.8, 4) is 0 Å². The molecule has 0 aliphatic heterocycles. The zero-order chi connectivity index (χ0) is 13.9. The molecule has 2 rings (SSSR count). The Bertz CT molecular complexity index is 531. The first-order valence-electron chi connectivity index (χ1n) is 6.79. The zero-order valence-electron chi connectivity index (χ0n) is 11.6. The summed E-state index contributed by atoms with van der Waals surface area (Å²) in [5, 5.41) is 2.92. The van der Waals surface area contributed by atoms with Crippen LogP contribution in [0.1, 0.15) is 32.6 Å². The topological polar surface area (TPSA) is 58.2 Å². The van der Waals surface area contributed by atoms with Crippen molar-refractivity contribution >= 4 is 15.7 Å². The standard InChI is InChI=1S/C14H22N2O2S/c1-3-14(9-6-10-14)11-16-19(17,18)13-8-5-4-7-12(13)15-2/h4-5,7-8,15-16H,3,6,9-11H2,1-2H3. The van der Waals surface area contributed by atoms with Crippen LogP contribution in [0.3, 0.4) is 0 Å². The molecule has 4 nitrogen and oxygen atoms in total. The minimum atomic E-state index is -3.44. The minimum Gasteiger partial charge on any atom is -0.387 e. The highest BCUT2D eigenvalue weighted by molar-refractivity contribution is 7.89. The van der Waals surface area contributed by atoms with Crippen molar-refractivity contribution in [1.29, 1.82) is 0 Å². The number of hydrogen-bond acceptors (Lipinski definition) is 3. The lowest BCUT2D eigenvalue weighted by Gasteiger charge is -2.41. The highest BCUT2D eigenvalue weighted by atomic mass is 32.2. The van der Waals surface area contributed by atoms with Crippen LogP contribution in [-0.4, -0.2) is 22.0 Å². The number of hydrogen-bond donors (Lipinski definition) is 2.